The number of nitrogens with zero attached hydrogens (tertiary/aromatic N) is 2. The first kappa shape index (κ1) is 16.9. The van der Waals surface area contributed by atoms with Crippen molar-refractivity contribution in [3.8, 4) is 22.8 Å². The van der Waals surface area contributed by atoms with Crippen LogP contribution < -0.4 is 20.5 Å². The van der Waals surface area contributed by atoms with Gasteiger partial charge in [-0.05, 0) is 37.0 Å². The number of hydrogen-bond donors (Lipinski definition) is 1. The molecule has 7 heteroatoms. The van der Waals surface area contributed by atoms with Gasteiger partial charge < -0.3 is 19.5 Å². The summed E-state index contributed by atoms with van der Waals surface area (Å²) in [5.41, 5.74) is 2.73. The lowest BCUT2D eigenvalue weighted by atomic mass is 9.97. The van der Waals surface area contributed by atoms with E-state index >= 15 is 0 Å². The second kappa shape index (κ2) is 6.99. The Labute approximate surface area is 151 Å². The highest BCUT2D eigenvalue weighted by atomic mass is 16.5. The van der Waals surface area contributed by atoms with E-state index in [0.717, 1.165) is 42.7 Å². The summed E-state index contributed by atoms with van der Waals surface area (Å²) in [7, 11) is 3.24. The smallest absolute Gasteiger partial charge is 0.349 e. The summed E-state index contributed by atoms with van der Waals surface area (Å²) in [6, 6.07) is 5.85. The molecular formula is C19H23N3O4. The molecule has 1 N–H and O–H groups in total. The molecule has 26 heavy (non-hydrogen) atoms. The molecule has 3 heterocycles. The van der Waals surface area contributed by atoms with Crippen LogP contribution in [-0.2, 0) is 17.7 Å². The average Bonchev–Trinajstić information content (AvgIpc) is 3.18. The molecule has 1 aromatic carbocycles. The van der Waals surface area contributed by atoms with Crippen LogP contribution in [0.1, 0.15) is 18.4 Å². The van der Waals surface area contributed by atoms with Crippen molar-refractivity contribution in [2.24, 2.45) is 0 Å². The van der Waals surface area contributed by atoms with Gasteiger partial charge in [0.25, 0.3) is 0 Å². The van der Waals surface area contributed by atoms with Gasteiger partial charge in [-0.25, -0.2) is 4.79 Å². The fourth-order valence-corrected chi connectivity index (χ4v) is 3.66. The summed E-state index contributed by atoms with van der Waals surface area (Å²) in [4.78, 5) is 16.7. The van der Waals surface area contributed by atoms with Gasteiger partial charge in [0.2, 0.25) is 0 Å². The number of aromatic nitrogens is 2. The SMILES string of the molecule is COc1cc2c(cc1OC)-c1cc(NC[C@H]3CCCO3)nc(=O)n1CC2. The Kier molecular flexibility index (Phi) is 4.55. The van der Waals surface area contributed by atoms with Crippen molar-refractivity contribution in [1.29, 1.82) is 0 Å². The Morgan fingerprint density at radius 2 is 2.08 bits per heavy atom. The molecule has 0 saturated carbocycles. The van der Waals surface area contributed by atoms with Gasteiger partial charge in [0.05, 0.1) is 26.0 Å². The fraction of sp³-hybridized carbons (Fsp3) is 0.474. The molecule has 7 nitrogen and oxygen atoms in total. The maximum atomic E-state index is 12.5. The predicted octanol–water partition coefficient (Wildman–Crippen LogP) is 2.07. The number of ether oxygens (including phenoxy) is 3. The normalized spacial score (nSPS) is 18.2. The maximum absolute atomic E-state index is 12.5. The van der Waals surface area contributed by atoms with Crippen LogP contribution in [0.4, 0.5) is 5.82 Å². The minimum absolute atomic E-state index is 0.187. The third kappa shape index (κ3) is 3.03. The highest BCUT2D eigenvalue weighted by molar-refractivity contribution is 5.71. The Bertz CT molecular complexity index is 872. The molecule has 0 unspecified atom stereocenters. The molecule has 4 rings (SSSR count). The van der Waals surface area contributed by atoms with Crippen LogP contribution in [0.2, 0.25) is 0 Å². The van der Waals surface area contributed by atoms with Crippen molar-refractivity contribution in [3.63, 3.8) is 0 Å². The molecule has 0 aliphatic carbocycles. The van der Waals surface area contributed by atoms with Crippen molar-refractivity contribution in [2.75, 3.05) is 32.7 Å². The molecule has 2 aromatic rings. The highest BCUT2D eigenvalue weighted by Crippen LogP contribution is 2.38. The van der Waals surface area contributed by atoms with Crippen LogP contribution in [0, 0.1) is 0 Å². The van der Waals surface area contributed by atoms with E-state index in [-0.39, 0.29) is 11.8 Å². The molecule has 0 radical (unpaired) electrons. The zero-order valence-electron chi connectivity index (χ0n) is 15.1. The number of rotatable bonds is 5. The van der Waals surface area contributed by atoms with Crippen LogP contribution >= 0.6 is 0 Å². The number of benzene rings is 1. The van der Waals surface area contributed by atoms with E-state index in [4.69, 9.17) is 14.2 Å². The van der Waals surface area contributed by atoms with Crippen molar-refractivity contribution in [3.05, 3.63) is 34.2 Å². The molecule has 1 saturated heterocycles. The molecule has 138 valence electrons. The van der Waals surface area contributed by atoms with E-state index < -0.39 is 0 Å². The molecule has 1 atom stereocenters. The molecule has 2 aliphatic rings. The first-order valence-electron chi connectivity index (χ1n) is 8.92. The van der Waals surface area contributed by atoms with Gasteiger partial charge in [-0.3, -0.25) is 4.57 Å². The number of aryl methyl sites for hydroxylation is 1. The Morgan fingerprint density at radius 3 is 2.81 bits per heavy atom. The molecule has 2 aliphatic heterocycles. The van der Waals surface area contributed by atoms with Gasteiger partial charge >= 0.3 is 5.69 Å². The van der Waals surface area contributed by atoms with E-state index in [1.54, 1.807) is 18.8 Å². The first-order chi connectivity index (χ1) is 12.7. The van der Waals surface area contributed by atoms with Crippen LogP contribution in [-0.4, -0.2) is 43.0 Å². The summed E-state index contributed by atoms with van der Waals surface area (Å²) >= 11 is 0. The third-order valence-corrected chi connectivity index (χ3v) is 5.04. The topological polar surface area (TPSA) is 74.6 Å². The minimum Gasteiger partial charge on any atom is -0.493 e. The second-order valence-corrected chi connectivity index (χ2v) is 6.59. The number of hydrogen-bond acceptors (Lipinski definition) is 6. The summed E-state index contributed by atoms with van der Waals surface area (Å²) in [6.45, 7) is 2.08. The van der Waals surface area contributed by atoms with Crippen molar-refractivity contribution in [1.82, 2.24) is 9.55 Å². The van der Waals surface area contributed by atoms with Gasteiger partial charge in [-0.15, -0.1) is 0 Å². The van der Waals surface area contributed by atoms with E-state index in [2.05, 4.69) is 10.3 Å². The largest absolute Gasteiger partial charge is 0.493 e. The number of nitrogens with one attached hydrogen (secondary N) is 1. The van der Waals surface area contributed by atoms with Gasteiger partial charge in [0, 0.05) is 31.3 Å². The monoisotopic (exact) mass is 357 g/mol. The Morgan fingerprint density at radius 1 is 1.27 bits per heavy atom. The molecular weight excluding hydrogens is 334 g/mol. The molecule has 1 fully saturated rings. The van der Waals surface area contributed by atoms with E-state index in [0.29, 0.717) is 30.4 Å². The molecule has 0 bridgehead atoms. The van der Waals surface area contributed by atoms with Gasteiger partial charge in [-0.2, -0.15) is 4.98 Å². The number of methoxy groups -OCH3 is 2. The third-order valence-electron chi connectivity index (χ3n) is 5.04. The summed E-state index contributed by atoms with van der Waals surface area (Å²) in [5, 5.41) is 3.25. The molecule has 0 spiro atoms. The van der Waals surface area contributed by atoms with Crippen molar-refractivity contribution in [2.45, 2.75) is 31.9 Å². The lowest BCUT2D eigenvalue weighted by molar-refractivity contribution is 0.120. The van der Waals surface area contributed by atoms with E-state index in [9.17, 15) is 4.79 Å². The lowest BCUT2D eigenvalue weighted by Crippen LogP contribution is -2.30. The predicted molar refractivity (Wildman–Crippen MR) is 98.2 cm³/mol. The maximum Gasteiger partial charge on any atom is 0.349 e. The fourth-order valence-electron chi connectivity index (χ4n) is 3.66. The number of fused-ring (bicyclic) bond motifs is 3. The quantitative estimate of drug-likeness (QED) is 0.883. The molecule has 1 aromatic heterocycles. The zero-order valence-corrected chi connectivity index (χ0v) is 15.1. The second-order valence-electron chi connectivity index (χ2n) is 6.59. The minimum atomic E-state index is -0.238. The van der Waals surface area contributed by atoms with Gasteiger partial charge in [0.15, 0.2) is 11.5 Å². The first-order valence-corrected chi connectivity index (χ1v) is 8.92. The van der Waals surface area contributed by atoms with Crippen LogP contribution in [0.15, 0.2) is 23.0 Å². The summed E-state index contributed by atoms with van der Waals surface area (Å²) in [5.74, 6) is 1.94. The highest BCUT2D eigenvalue weighted by Gasteiger charge is 2.22. The standard InChI is InChI=1S/C19H23N3O4/c1-24-16-8-12-5-6-22-15(14(12)9-17(16)25-2)10-18(21-19(22)23)20-11-13-4-3-7-26-13/h8-10,13H,3-7,11H2,1-2H3,(H,20,21,23)/t13-/m1/s1. The molecule has 0 amide bonds. The van der Waals surface area contributed by atoms with E-state index in [1.165, 1.54) is 0 Å². The van der Waals surface area contributed by atoms with E-state index in [1.807, 2.05) is 18.2 Å². The van der Waals surface area contributed by atoms with Crippen molar-refractivity contribution < 1.29 is 14.2 Å². The average molecular weight is 357 g/mol. The Hall–Kier alpha value is -2.54. The van der Waals surface area contributed by atoms with Crippen LogP contribution in [0.3, 0.4) is 0 Å². The zero-order chi connectivity index (χ0) is 18.1. The van der Waals surface area contributed by atoms with Gasteiger partial charge in [0.1, 0.15) is 5.82 Å². The number of anilines is 1. The van der Waals surface area contributed by atoms with Crippen molar-refractivity contribution >= 4 is 5.82 Å². The lowest BCUT2D eigenvalue weighted by Gasteiger charge is -2.23. The van der Waals surface area contributed by atoms with Gasteiger partial charge in [-0.1, -0.05) is 0 Å². The summed E-state index contributed by atoms with van der Waals surface area (Å²) < 4.78 is 18.2. The van der Waals surface area contributed by atoms with Crippen LogP contribution in [0.5, 0.6) is 11.5 Å². The van der Waals surface area contributed by atoms with Crippen LogP contribution in [0.25, 0.3) is 11.3 Å². The summed E-state index contributed by atoms with van der Waals surface area (Å²) in [6.07, 6.45) is 3.07. The Balaban J connectivity index is 1.70.